The van der Waals surface area contributed by atoms with E-state index >= 15 is 0 Å². The van der Waals surface area contributed by atoms with E-state index in [0.717, 1.165) is 64.4 Å². The highest BCUT2D eigenvalue weighted by atomic mass is 19.1. The van der Waals surface area contributed by atoms with Crippen molar-refractivity contribution in [1.29, 1.82) is 0 Å². The second-order valence-corrected chi connectivity index (χ2v) is 14.0. The molecule has 1 N–H and O–H groups in total. The molecule has 15 radical (unpaired) electrons. The van der Waals surface area contributed by atoms with E-state index in [-0.39, 0.29) is 24.3 Å². The third kappa shape index (κ3) is 8.85. The summed E-state index contributed by atoms with van der Waals surface area (Å²) in [6.45, 7) is 1.26. The van der Waals surface area contributed by atoms with Crippen molar-refractivity contribution in [3.05, 3.63) is 118 Å². The molecule has 2 unspecified atom stereocenters. The Hall–Kier alpha value is -3.65. The molecule has 1 aromatic heterocycles. The third-order valence-electron chi connectivity index (χ3n) is 10.7. The van der Waals surface area contributed by atoms with Gasteiger partial charge in [0.1, 0.15) is 23.9 Å². The number of aromatic nitrogens is 1. The molecule has 0 saturated carbocycles. The van der Waals surface area contributed by atoms with E-state index in [1.807, 2.05) is 42.5 Å². The summed E-state index contributed by atoms with van der Waals surface area (Å²) in [5.41, 5.74) is 8.08. The van der Waals surface area contributed by atoms with Gasteiger partial charge in [-0.15, -0.1) is 0 Å². The molecular formula is C35H33B13FN2O4. The Morgan fingerprint density at radius 2 is 1.53 bits per heavy atom. The summed E-state index contributed by atoms with van der Waals surface area (Å²) in [6.07, 6.45) is -1.17. The number of benzene rings is 4. The van der Waals surface area contributed by atoms with E-state index in [1.165, 1.54) is 23.8 Å². The predicted octanol–water partition coefficient (Wildman–Crippen LogP) is 2.21. The molecule has 0 aliphatic carbocycles. The molecule has 2 atom stereocenters. The minimum absolute atomic E-state index is 0.0471. The summed E-state index contributed by atoms with van der Waals surface area (Å²) in [7, 11) is 44.6. The van der Waals surface area contributed by atoms with Crippen molar-refractivity contribution in [3.63, 3.8) is 0 Å². The van der Waals surface area contributed by atoms with Gasteiger partial charge in [0.15, 0.2) is 11.5 Å². The highest BCUT2D eigenvalue weighted by molar-refractivity contribution is 8.07. The zero-order valence-electron chi connectivity index (χ0n) is 31.5. The monoisotopic (exact) mass is 707 g/mol. The summed E-state index contributed by atoms with van der Waals surface area (Å²) < 4.78 is 37.2. The largest absolute Gasteiger partial charge is 0.497 e. The Kier molecular flexibility index (Phi) is 13.5. The number of methoxy groups -OCH3 is 3. The molecule has 253 valence electrons. The van der Waals surface area contributed by atoms with Gasteiger partial charge in [-0.3, -0.25) is 4.90 Å². The second-order valence-electron chi connectivity index (χ2n) is 14.0. The molecule has 0 amide bonds. The van der Waals surface area contributed by atoms with E-state index in [0.29, 0.717) is 12.4 Å². The molecule has 6 nitrogen and oxygen atoms in total. The number of aromatic amines is 1. The predicted molar refractivity (Wildman–Crippen MR) is 235 cm³/mol. The number of hydrogen-bond donors (Lipinski definition) is 1. The van der Waals surface area contributed by atoms with Crippen LogP contribution in [0.5, 0.6) is 23.0 Å². The van der Waals surface area contributed by atoms with Crippen LogP contribution < -0.4 is 18.9 Å². The van der Waals surface area contributed by atoms with Gasteiger partial charge in [0.2, 0.25) is 0 Å². The van der Waals surface area contributed by atoms with Gasteiger partial charge in [-0.25, -0.2) is 4.39 Å². The average Bonchev–Trinajstić information content (AvgIpc) is 3.55. The van der Waals surface area contributed by atoms with Gasteiger partial charge in [0.25, 0.3) is 0 Å². The first-order valence-electron chi connectivity index (χ1n) is 18.2. The van der Waals surface area contributed by atoms with Crippen molar-refractivity contribution in [2.24, 2.45) is 0 Å². The van der Waals surface area contributed by atoms with Crippen LogP contribution >= 0.6 is 0 Å². The molecule has 2 aliphatic heterocycles. The minimum atomic E-state index is -0.695. The van der Waals surface area contributed by atoms with Crippen LogP contribution in [0.2, 0.25) is 0 Å². The van der Waals surface area contributed by atoms with Crippen molar-refractivity contribution in [1.82, 2.24) is 9.88 Å². The van der Waals surface area contributed by atoms with Crippen LogP contribution in [0.25, 0.3) is 10.9 Å². The summed E-state index contributed by atoms with van der Waals surface area (Å²) in [4.78, 5) is 6.26. The van der Waals surface area contributed by atoms with Crippen LogP contribution in [0.1, 0.15) is 45.6 Å². The van der Waals surface area contributed by atoms with Gasteiger partial charge < -0.3 is 23.9 Å². The van der Waals surface area contributed by atoms with Crippen LogP contribution in [-0.2, 0) is 19.4 Å². The SMILES string of the molecule is COc1cccc(COc2cc3c(cc2OC)CCN2C3Cc3c([nH]c4ccc(OC)cc34)C2c2ccc(F)cc2)c1.[B][B]B(B([B])[B])B(B([B])[B])B([B])[B]. The van der Waals surface area contributed by atoms with Gasteiger partial charge in [-0.05, 0) is 95.3 Å². The lowest BCUT2D eigenvalue weighted by Gasteiger charge is -2.46. The molecule has 5 aromatic rings. The fourth-order valence-corrected chi connectivity index (χ4v) is 7.93. The summed E-state index contributed by atoms with van der Waals surface area (Å²) in [5.74, 6) is 2.83. The third-order valence-corrected chi connectivity index (χ3v) is 10.7. The van der Waals surface area contributed by atoms with E-state index in [1.54, 1.807) is 33.5 Å². The molecule has 2 aliphatic rings. The fraction of sp³-hybridized carbons (Fsp3) is 0.257. The van der Waals surface area contributed by atoms with E-state index in [9.17, 15) is 4.39 Å². The summed E-state index contributed by atoms with van der Waals surface area (Å²) in [6, 6.07) is 25.3. The average molecular weight is 705 g/mol. The summed E-state index contributed by atoms with van der Waals surface area (Å²) in [5, 5.41) is 1.16. The number of fused-ring (bicyclic) bond motifs is 6. The van der Waals surface area contributed by atoms with Crippen LogP contribution in [-0.4, -0.2) is 131 Å². The molecule has 0 spiro atoms. The molecule has 0 bridgehead atoms. The molecule has 4 aromatic carbocycles. The standard InChI is InChI=1S/C35H33FN2O4.B13/c1-39-25-6-4-5-21(15-25)20-42-33-19-27-23(16-32(33)41-3)13-14-38-31(27)18-29-28-17-26(40-2)11-12-30(28)37-34(29)35(38)22-7-9-24(36)10-8-22;1-8-12(9(2)3)13(10(4)5)11(6)7/h4-12,15-17,19,31,35,37H,13-14,18,20H2,1-3H3;. The van der Waals surface area contributed by atoms with Crippen molar-refractivity contribution in [2.75, 3.05) is 27.9 Å². The highest BCUT2D eigenvalue weighted by Crippen LogP contribution is 2.50. The molecule has 20 heteroatoms. The molecule has 0 fully saturated rings. The smallest absolute Gasteiger partial charge is 0.162 e. The molecular weight excluding hydrogens is 672 g/mol. The number of nitrogens with zero attached hydrogens (tertiary/aromatic N) is 1. The van der Waals surface area contributed by atoms with Crippen molar-refractivity contribution in [3.8, 4) is 23.0 Å². The Balaban J connectivity index is 0.000000341. The lowest BCUT2D eigenvalue weighted by atomic mass is 8.50. The first kappa shape index (κ1) is 41.0. The molecule has 55 heavy (non-hydrogen) atoms. The highest BCUT2D eigenvalue weighted by Gasteiger charge is 2.41. The Bertz CT molecular complexity index is 2070. The van der Waals surface area contributed by atoms with Gasteiger partial charge in [-0.1, -0.05) is 24.3 Å². The van der Waals surface area contributed by atoms with Crippen LogP contribution in [0.4, 0.5) is 4.39 Å². The molecule has 0 saturated heterocycles. The Morgan fingerprint density at radius 3 is 2.15 bits per heavy atom. The van der Waals surface area contributed by atoms with E-state index in [4.69, 9.17) is 73.1 Å². The van der Waals surface area contributed by atoms with Crippen LogP contribution in [0.3, 0.4) is 0 Å². The van der Waals surface area contributed by atoms with Gasteiger partial charge in [-0.2, -0.15) is 0 Å². The number of nitrogens with one attached hydrogen (secondary N) is 1. The maximum Gasteiger partial charge on any atom is 0.162 e. The Labute approximate surface area is 336 Å². The zero-order valence-corrected chi connectivity index (χ0v) is 31.5. The van der Waals surface area contributed by atoms with Gasteiger partial charge in [0.05, 0.1) is 27.4 Å². The van der Waals surface area contributed by atoms with Crippen molar-refractivity contribution < 1.29 is 23.3 Å². The quantitative estimate of drug-likeness (QED) is 0.202. The van der Waals surface area contributed by atoms with Crippen molar-refractivity contribution >= 4 is 104 Å². The lowest BCUT2D eigenvalue weighted by Crippen LogP contribution is -2.69. The number of ether oxygens (including phenoxy) is 4. The first-order valence-corrected chi connectivity index (χ1v) is 18.2. The van der Waals surface area contributed by atoms with E-state index in [2.05, 4.69) is 34.1 Å². The number of halogens is 1. The maximum atomic E-state index is 14.0. The second kappa shape index (κ2) is 18.1. The van der Waals surface area contributed by atoms with Crippen LogP contribution in [0, 0.1) is 5.82 Å². The first-order chi connectivity index (χ1) is 26.5. The zero-order chi connectivity index (χ0) is 39.4. The van der Waals surface area contributed by atoms with Crippen LogP contribution in [0.15, 0.2) is 78.9 Å². The van der Waals surface area contributed by atoms with Crippen molar-refractivity contribution in [2.45, 2.75) is 31.5 Å². The number of H-pyrrole nitrogens is 1. The normalized spacial score (nSPS) is 15.6. The number of hydrogen-bond acceptors (Lipinski definition) is 5. The van der Waals surface area contributed by atoms with E-state index < -0.39 is 25.5 Å². The fourth-order valence-electron chi connectivity index (χ4n) is 7.93. The topological polar surface area (TPSA) is 56.0 Å². The Morgan fingerprint density at radius 1 is 0.818 bits per heavy atom. The van der Waals surface area contributed by atoms with Gasteiger partial charge >= 0.3 is 0 Å². The summed E-state index contributed by atoms with van der Waals surface area (Å²) >= 11 is 0. The van der Waals surface area contributed by atoms with Gasteiger partial charge in [0, 0.05) is 122 Å². The molecule has 3 heterocycles. The minimum Gasteiger partial charge on any atom is -0.497 e. The lowest BCUT2D eigenvalue weighted by molar-refractivity contribution is 0.127. The molecule has 7 rings (SSSR count). The maximum absolute atomic E-state index is 14.0. The number of rotatable bonds is 12.